The zero-order valence-electron chi connectivity index (χ0n) is 27.0. The summed E-state index contributed by atoms with van der Waals surface area (Å²) in [7, 11) is 0. The molecule has 3 aliphatic rings. The topological polar surface area (TPSA) is 35.6 Å². The summed E-state index contributed by atoms with van der Waals surface area (Å²) < 4.78 is 4.83. The van der Waals surface area contributed by atoms with Crippen LogP contribution >= 0.6 is 0 Å². The lowest BCUT2D eigenvalue weighted by atomic mass is 9.85. The van der Waals surface area contributed by atoms with Crippen molar-refractivity contribution in [3.63, 3.8) is 0 Å². The Labute approximate surface area is 287 Å². The molecular weight excluding hydrogens is 609 g/mol. The molecule has 9 aromatic rings. The highest BCUT2D eigenvalue weighted by Crippen LogP contribution is 2.51. The van der Waals surface area contributed by atoms with Crippen LogP contribution in [0.3, 0.4) is 0 Å². The fourth-order valence-electron chi connectivity index (χ4n) is 9.04. The smallest absolute Gasteiger partial charge is 0.165 e. The molecule has 0 spiro atoms. The summed E-state index contributed by atoms with van der Waals surface area (Å²) in [6.45, 7) is 0. The number of fused-ring (bicyclic) bond motifs is 3. The first-order valence-corrected chi connectivity index (χ1v) is 17.4. The fraction of sp³-hybridized carbons (Fsp3) is 0.0435. The molecule has 6 aromatic carbocycles. The van der Waals surface area contributed by atoms with Crippen molar-refractivity contribution in [2.45, 2.75) is 6.42 Å². The highest BCUT2D eigenvalue weighted by Gasteiger charge is 2.30. The lowest BCUT2D eigenvalue weighted by Gasteiger charge is -2.24. The van der Waals surface area contributed by atoms with Gasteiger partial charge in [-0.25, -0.2) is 9.97 Å². The van der Waals surface area contributed by atoms with Gasteiger partial charge < -0.3 is 4.57 Å². The van der Waals surface area contributed by atoms with Crippen molar-refractivity contribution >= 4 is 60.5 Å². The van der Waals surface area contributed by atoms with E-state index in [1.165, 1.54) is 65.7 Å². The van der Waals surface area contributed by atoms with Crippen LogP contribution < -0.4 is 0 Å². The molecule has 1 atom stereocenters. The minimum absolute atomic E-state index is 0.332. The first kappa shape index (κ1) is 26.4. The molecule has 232 valence electrons. The van der Waals surface area contributed by atoms with Gasteiger partial charge in [0.2, 0.25) is 0 Å². The molecule has 0 saturated heterocycles. The van der Waals surface area contributed by atoms with Gasteiger partial charge in [-0.2, -0.15) is 0 Å². The van der Waals surface area contributed by atoms with Crippen molar-refractivity contribution in [2.24, 2.45) is 5.92 Å². The van der Waals surface area contributed by atoms with E-state index < -0.39 is 0 Å². The summed E-state index contributed by atoms with van der Waals surface area (Å²) in [6.07, 6.45) is 11.9. The molecule has 50 heavy (non-hydrogen) atoms. The fourth-order valence-corrected chi connectivity index (χ4v) is 9.04. The molecule has 3 aliphatic carbocycles. The minimum Gasteiger partial charge on any atom is -0.309 e. The molecule has 12 rings (SSSR count). The maximum Gasteiger partial charge on any atom is 0.165 e. The molecule has 0 saturated carbocycles. The standard InChI is InChI=1S/C46H28N4/c1-3-11-28(12-4-1)45-46(48-35-26-30-14-8-7-13-29(30)25-34(35)47-45)50-37-20-10-18-33-32-17-9-19-36-41(32)43-38(49(36)31-15-5-2-6-16-31)23-21-27-22-24-39(50)44(40(27)43)42(33)37/h1-24,26,29H,25H2. The van der Waals surface area contributed by atoms with Crippen molar-refractivity contribution in [2.75, 3.05) is 0 Å². The van der Waals surface area contributed by atoms with Gasteiger partial charge in [0.25, 0.3) is 0 Å². The van der Waals surface area contributed by atoms with Crippen LogP contribution in [0.15, 0.2) is 151 Å². The summed E-state index contributed by atoms with van der Waals surface area (Å²) in [5.74, 6) is 1.20. The van der Waals surface area contributed by atoms with Gasteiger partial charge in [0, 0.05) is 50.5 Å². The van der Waals surface area contributed by atoms with Gasteiger partial charge in [-0.15, -0.1) is 0 Å². The van der Waals surface area contributed by atoms with Gasteiger partial charge in [-0.1, -0.05) is 109 Å². The Bertz CT molecular complexity index is 3050. The summed E-state index contributed by atoms with van der Waals surface area (Å²) in [5, 5.41) is 7.72. The van der Waals surface area contributed by atoms with Crippen molar-refractivity contribution in [1.29, 1.82) is 0 Å². The van der Waals surface area contributed by atoms with E-state index in [1.807, 2.05) is 0 Å². The molecule has 0 N–H and O–H groups in total. The van der Waals surface area contributed by atoms with E-state index in [0.717, 1.165) is 45.9 Å². The van der Waals surface area contributed by atoms with E-state index in [-0.39, 0.29) is 0 Å². The Morgan fingerprint density at radius 2 is 1.20 bits per heavy atom. The number of para-hydroxylation sites is 1. The number of benzene rings is 6. The summed E-state index contributed by atoms with van der Waals surface area (Å²) >= 11 is 0. The van der Waals surface area contributed by atoms with Crippen LogP contribution in [0, 0.1) is 5.92 Å². The van der Waals surface area contributed by atoms with Gasteiger partial charge in [0.15, 0.2) is 5.82 Å². The third kappa shape index (κ3) is 3.35. The minimum atomic E-state index is 0.332. The Morgan fingerprint density at radius 1 is 0.540 bits per heavy atom. The van der Waals surface area contributed by atoms with Gasteiger partial charge >= 0.3 is 0 Å². The predicted octanol–water partition coefficient (Wildman–Crippen LogP) is 11.2. The van der Waals surface area contributed by atoms with Crippen LogP contribution in [0.25, 0.3) is 94.3 Å². The second-order valence-corrected chi connectivity index (χ2v) is 13.7. The Hall–Kier alpha value is -6.52. The zero-order chi connectivity index (χ0) is 32.5. The molecule has 3 aromatic heterocycles. The Kier molecular flexibility index (Phi) is 5.05. The molecule has 4 nitrogen and oxygen atoms in total. The summed E-state index contributed by atoms with van der Waals surface area (Å²) in [6, 6.07) is 44.1. The second kappa shape index (κ2) is 9.55. The largest absolute Gasteiger partial charge is 0.309 e. The van der Waals surface area contributed by atoms with Crippen LogP contribution in [0.1, 0.15) is 11.4 Å². The average molecular weight is 637 g/mol. The quantitative estimate of drug-likeness (QED) is 0.193. The monoisotopic (exact) mass is 636 g/mol. The van der Waals surface area contributed by atoms with Crippen LogP contribution in [0.5, 0.6) is 0 Å². The number of allylic oxidation sites excluding steroid dienone is 5. The molecule has 0 aliphatic heterocycles. The van der Waals surface area contributed by atoms with E-state index in [4.69, 9.17) is 9.97 Å². The highest BCUT2D eigenvalue weighted by atomic mass is 15.1. The Morgan fingerprint density at radius 3 is 1.94 bits per heavy atom. The molecular formula is C46H28N4. The number of nitrogens with zero attached hydrogens (tertiary/aromatic N) is 4. The van der Waals surface area contributed by atoms with Gasteiger partial charge in [-0.05, 0) is 64.6 Å². The van der Waals surface area contributed by atoms with Crippen molar-refractivity contribution < 1.29 is 0 Å². The van der Waals surface area contributed by atoms with Crippen LogP contribution in [0.2, 0.25) is 0 Å². The lowest BCUT2D eigenvalue weighted by Crippen LogP contribution is -2.16. The third-order valence-corrected chi connectivity index (χ3v) is 11.1. The highest BCUT2D eigenvalue weighted by molar-refractivity contribution is 6.38. The zero-order valence-corrected chi connectivity index (χ0v) is 27.0. The number of hydrogen-bond donors (Lipinski definition) is 0. The van der Waals surface area contributed by atoms with E-state index in [2.05, 4.69) is 161 Å². The molecule has 0 amide bonds. The van der Waals surface area contributed by atoms with Crippen LogP contribution in [-0.2, 0) is 6.42 Å². The first-order chi connectivity index (χ1) is 24.8. The third-order valence-electron chi connectivity index (χ3n) is 11.1. The van der Waals surface area contributed by atoms with Gasteiger partial charge in [0.1, 0.15) is 5.69 Å². The number of rotatable bonds is 3. The van der Waals surface area contributed by atoms with Gasteiger partial charge in [-0.3, -0.25) is 4.57 Å². The molecule has 3 heterocycles. The van der Waals surface area contributed by atoms with E-state index >= 15 is 0 Å². The molecule has 4 heteroatoms. The van der Waals surface area contributed by atoms with Crippen molar-refractivity contribution in [3.8, 4) is 33.9 Å². The van der Waals surface area contributed by atoms with Crippen molar-refractivity contribution in [3.05, 3.63) is 163 Å². The normalized spacial score (nSPS) is 15.7. The predicted molar refractivity (Wildman–Crippen MR) is 206 cm³/mol. The SMILES string of the molecule is C1=CC2=Cc3nc(-n4c5cccc6c5c5c7c(ccc8c7c7c-6cccc7n8-c6ccccc6)ccc54)c(-c4ccccc4)nc3CC2C=C1. The number of hydrogen-bond acceptors (Lipinski definition) is 2. The maximum absolute atomic E-state index is 5.56. The van der Waals surface area contributed by atoms with Crippen molar-refractivity contribution in [1.82, 2.24) is 19.1 Å². The Balaban J connectivity index is 1.26. The van der Waals surface area contributed by atoms with E-state index in [1.54, 1.807) is 0 Å². The molecule has 0 bridgehead atoms. The average Bonchev–Trinajstić information content (AvgIpc) is 3.66. The second-order valence-electron chi connectivity index (χ2n) is 13.7. The lowest BCUT2D eigenvalue weighted by molar-refractivity contribution is 0.728. The molecule has 1 unspecified atom stereocenters. The number of aromatic nitrogens is 4. The van der Waals surface area contributed by atoms with E-state index in [9.17, 15) is 0 Å². The molecule has 0 fully saturated rings. The maximum atomic E-state index is 5.56. The van der Waals surface area contributed by atoms with Crippen LogP contribution in [0.4, 0.5) is 0 Å². The van der Waals surface area contributed by atoms with Crippen LogP contribution in [-0.4, -0.2) is 19.1 Å². The van der Waals surface area contributed by atoms with E-state index in [0.29, 0.717) is 5.92 Å². The first-order valence-electron chi connectivity index (χ1n) is 17.4. The molecule has 0 radical (unpaired) electrons. The summed E-state index contributed by atoms with van der Waals surface area (Å²) in [4.78, 5) is 11.0. The summed E-state index contributed by atoms with van der Waals surface area (Å²) in [5.41, 5.74) is 13.7. The van der Waals surface area contributed by atoms with Gasteiger partial charge in [0.05, 0.1) is 33.5 Å².